The lowest BCUT2D eigenvalue weighted by atomic mass is 10.1. The monoisotopic (exact) mass is 468 g/mol. The molecular weight excluding hydrogens is 444 g/mol. The summed E-state index contributed by atoms with van der Waals surface area (Å²) in [6.07, 6.45) is 6.07. The van der Waals surface area contributed by atoms with E-state index < -0.39 is 0 Å². The van der Waals surface area contributed by atoms with E-state index in [1.54, 1.807) is 41.4 Å². The fourth-order valence-electron chi connectivity index (χ4n) is 4.34. The van der Waals surface area contributed by atoms with E-state index in [0.29, 0.717) is 47.0 Å². The van der Waals surface area contributed by atoms with Gasteiger partial charge in [-0.3, -0.25) is 9.59 Å². The van der Waals surface area contributed by atoms with Gasteiger partial charge in [-0.05, 0) is 43.2 Å². The second kappa shape index (κ2) is 9.34. The van der Waals surface area contributed by atoms with Crippen molar-refractivity contribution in [2.75, 3.05) is 24.1 Å². The first kappa shape index (κ1) is 22.2. The second-order valence-electron chi connectivity index (χ2n) is 8.28. The van der Waals surface area contributed by atoms with Crippen LogP contribution in [0.1, 0.15) is 29.2 Å². The highest BCUT2D eigenvalue weighted by Crippen LogP contribution is 2.33. The van der Waals surface area contributed by atoms with E-state index in [1.165, 1.54) is 12.4 Å². The van der Waals surface area contributed by atoms with Crippen LogP contribution in [0.25, 0.3) is 22.3 Å². The number of fused-ring (bicyclic) bond motifs is 1. The van der Waals surface area contributed by atoms with Crippen molar-refractivity contribution in [1.29, 1.82) is 0 Å². The van der Waals surface area contributed by atoms with E-state index in [4.69, 9.17) is 10.8 Å². The number of nitrogen functional groups attached to an aromatic ring is 1. The molecule has 0 aliphatic carbocycles. The van der Waals surface area contributed by atoms with E-state index in [1.807, 2.05) is 16.8 Å². The van der Waals surface area contributed by atoms with Crippen LogP contribution in [-0.4, -0.2) is 54.5 Å². The molecular formula is C25H24N8O2. The predicted molar refractivity (Wildman–Crippen MR) is 132 cm³/mol. The van der Waals surface area contributed by atoms with Crippen LogP contribution >= 0.6 is 0 Å². The number of nitrogens with zero attached hydrogens (tertiary/aromatic N) is 6. The molecule has 2 amide bonds. The first-order chi connectivity index (χ1) is 17.0. The molecule has 0 spiro atoms. The van der Waals surface area contributed by atoms with Crippen molar-refractivity contribution in [3.63, 3.8) is 0 Å². The van der Waals surface area contributed by atoms with Crippen LogP contribution < -0.4 is 11.1 Å². The Labute approximate surface area is 201 Å². The summed E-state index contributed by atoms with van der Waals surface area (Å²) in [5.74, 6) is 0.443. The highest BCUT2D eigenvalue weighted by Gasteiger charge is 2.28. The number of carbonyl (C=O) groups is 2. The van der Waals surface area contributed by atoms with Gasteiger partial charge in [-0.1, -0.05) is 24.8 Å². The molecule has 0 saturated carbocycles. The van der Waals surface area contributed by atoms with Crippen molar-refractivity contribution in [3.8, 4) is 11.3 Å². The SMILES string of the molecule is C=CC(=O)N1CCC[C@@H](n2nc(-c3ccc(C(=O)Nc4ccccn4)cc3)c3c(N)ncnc32)C1. The topological polar surface area (TPSA) is 132 Å². The largest absolute Gasteiger partial charge is 0.383 e. The van der Waals surface area contributed by atoms with Crippen LogP contribution in [0.3, 0.4) is 0 Å². The quantitative estimate of drug-likeness (QED) is 0.430. The minimum atomic E-state index is -0.261. The van der Waals surface area contributed by atoms with Crippen molar-refractivity contribution in [2.24, 2.45) is 0 Å². The number of rotatable bonds is 5. The Morgan fingerprint density at radius 3 is 2.69 bits per heavy atom. The molecule has 3 N–H and O–H groups in total. The van der Waals surface area contributed by atoms with Gasteiger partial charge in [-0.25, -0.2) is 19.6 Å². The number of pyridine rings is 1. The molecule has 1 aliphatic heterocycles. The Morgan fingerprint density at radius 2 is 1.94 bits per heavy atom. The molecule has 35 heavy (non-hydrogen) atoms. The molecule has 1 saturated heterocycles. The lowest BCUT2D eigenvalue weighted by Gasteiger charge is -2.32. The highest BCUT2D eigenvalue weighted by atomic mass is 16.2. The molecule has 1 atom stereocenters. The summed E-state index contributed by atoms with van der Waals surface area (Å²) < 4.78 is 1.84. The first-order valence-electron chi connectivity index (χ1n) is 11.3. The maximum atomic E-state index is 12.6. The highest BCUT2D eigenvalue weighted by molar-refractivity contribution is 6.04. The van der Waals surface area contributed by atoms with Gasteiger partial charge in [0.05, 0.1) is 11.4 Å². The molecule has 0 unspecified atom stereocenters. The van der Waals surface area contributed by atoms with Crippen molar-refractivity contribution in [1.82, 2.24) is 29.6 Å². The number of likely N-dealkylation sites (tertiary alicyclic amines) is 1. The summed E-state index contributed by atoms with van der Waals surface area (Å²) in [5.41, 5.74) is 8.75. The van der Waals surface area contributed by atoms with Gasteiger partial charge in [0.2, 0.25) is 5.91 Å². The number of aromatic nitrogens is 5. The summed E-state index contributed by atoms with van der Waals surface area (Å²) in [4.78, 5) is 39.3. The van der Waals surface area contributed by atoms with E-state index >= 15 is 0 Å². The molecule has 4 heterocycles. The zero-order valence-corrected chi connectivity index (χ0v) is 19.0. The molecule has 10 heteroatoms. The zero-order chi connectivity index (χ0) is 24.4. The summed E-state index contributed by atoms with van der Waals surface area (Å²) in [7, 11) is 0. The second-order valence-corrected chi connectivity index (χ2v) is 8.28. The Kier molecular flexibility index (Phi) is 5.92. The minimum absolute atomic E-state index is 0.0541. The van der Waals surface area contributed by atoms with Crippen LogP contribution in [-0.2, 0) is 4.79 Å². The Morgan fingerprint density at radius 1 is 1.11 bits per heavy atom. The smallest absolute Gasteiger partial charge is 0.256 e. The zero-order valence-electron chi connectivity index (χ0n) is 19.0. The van der Waals surface area contributed by atoms with Crippen LogP contribution in [0, 0.1) is 0 Å². The number of anilines is 2. The minimum Gasteiger partial charge on any atom is -0.383 e. The van der Waals surface area contributed by atoms with Crippen molar-refractivity contribution in [2.45, 2.75) is 18.9 Å². The van der Waals surface area contributed by atoms with Gasteiger partial charge in [0.25, 0.3) is 5.91 Å². The van der Waals surface area contributed by atoms with Gasteiger partial charge < -0.3 is 16.0 Å². The van der Waals surface area contributed by atoms with Crippen molar-refractivity contribution >= 4 is 34.5 Å². The van der Waals surface area contributed by atoms with Crippen LogP contribution in [0.15, 0.2) is 67.6 Å². The lowest BCUT2D eigenvalue weighted by molar-refractivity contribution is -0.127. The molecule has 1 aliphatic rings. The molecule has 5 rings (SSSR count). The fraction of sp³-hybridized carbons (Fsp3) is 0.200. The molecule has 10 nitrogen and oxygen atoms in total. The van der Waals surface area contributed by atoms with Crippen LogP contribution in [0.4, 0.5) is 11.6 Å². The normalized spacial score (nSPS) is 15.7. The van der Waals surface area contributed by atoms with Crippen LogP contribution in [0.5, 0.6) is 0 Å². The molecule has 0 bridgehead atoms. The average molecular weight is 469 g/mol. The standard InChI is InChI=1S/C25H24N8O2/c1-2-20(34)32-13-5-6-18(14-32)33-24-21(23(26)28-15-29-24)22(31-33)16-8-10-17(11-9-16)25(35)30-19-7-3-4-12-27-19/h2-4,7-12,15,18H,1,5-6,13-14H2,(H2,26,28,29)(H,27,30,35)/t18-/m1/s1. The number of hydrogen-bond acceptors (Lipinski definition) is 7. The van der Waals surface area contributed by atoms with Crippen molar-refractivity contribution in [3.05, 3.63) is 73.2 Å². The summed E-state index contributed by atoms with van der Waals surface area (Å²) in [6, 6.07) is 12.3. The average Bonchev–Trinajstić information content (AvgIpc) is 3.30. The van der Waals surface area contributed by atoms with Gasteiger partial charge >= 0.3 is 0 Å². The summed E-state index contributed by atoms with van der Waals surface area (Å²) in [5, 5.41) is 8.28. The van der Waals surface area contributed by atoms with Crippen molar-refractivity contribution < 1.29 is 9.59 Å². The fourth-order valence-corrected chi connectivity index (χ4v) is 4.34. The Balaban J connectivity index is 1.47. The molecule has 1 fully saturated rings. The van der Waals surface area contributed by atoms with E-state index in [2.05, 4.69) is 26.8 Å². The predicted octanol–water partition coefficient (Wildman–Crippen LogP) is 3.07. The molecule has 176 valence electrons. The third-order valence-electron chi connectivity index (χ3n) is 6.07. The van der Waals surface area contributed by atoms with Gasteiger partial charge in [-0.15, -0.1) is 0 Å². The Hall–Kier alpha value is -4.60. The number of amides is 2. The molecule has 3 aromatic heterocycles. The van der Waals surface area contributed by atoms with Crippen LogP contribution in [0.2, 0.25) is 0 Å². The van der Waals surface area contributed by atoms with Gasteiger partial charge in [0.1, 0.15) is 23.7 Å². The third-order valence-corrected chi connectivity index (χ3v) is 6.07. The number of hydrogen-bond donors (Lipinski definition) is 2. The number of nitrogens with one attached hydrogen (secondary N) is 1. The maximum absolute atomic E-state index is 12.6. The Bertz CT molecular complexity index is 1400. The van der Waals surface area contributed by atoms with Gasteiger partial charge in [0.15, 0.2) is 5.65 Å². The van der Waals surface area contributed by atoms with E-state index in [0.717, 1.165) is 18.4 Å². The number of benzene rings is 1. The van der Waals surface area contributed by atoms with Gasteiger partial charge in [0, 0.05) is 30.4 Å². The molecule has 4 aromatic rings. The first-order valence-corrected chi connectivity index (χ1v) is 11.3. The number of nitrogens with two attached hydrogens (primary N) is 1. The molecule has 0 radical (unpaired) electrons. The molecule has 1 aromatic carbocycles. The third kappa shape index (κ3) is 4.33. The summed E-state index contributed by atoms with van der Waals surface area (Å²) in [6.45, 7) is 4.80. The van der Waals surface area contributed by atoms with Gasteiger partial charge in [-0.2, -0.15) is 5.10 Å². The summed E-state index contributed by atoms with van der Waals surface area (Å²) >= 11 is 0. The van der Waals surface area contributed by atoms with E-state index in [9.17, 15) is 9.59 Å². The van der Waals surface area contributed by atoms with E-state index in [-0.39, 0.29) is 17.9 Å². The maximum Gasteiger partial charge on any atom is 0.256 e. The number of piperidine rings is 1. The number of carbonyl (C=O) groups excluding carboxylic acids is 2. The lowest BCUT2D eigenvalue weighted by Crippen LogP contribution is -2.40.